The van der Waals surface area contributed by atoms with Gasteiger partial charge in [0.1, 0.15) is 23.2 Å². The molecule has 11 nitrogen and oxygen atoms in total. The number of cyclic esters (lactones) is 1. The highest BCUT2D eigenvalue weighted by atomic mass is 16.6. The largest absolute Gasteiger partial charge is 0.508 e. The summed E-state index contributed by atoms with van der Waals surface area (Å²) in [6, 6.07) is 2.46. The first-order chi connectivity index (χ1) is 19.7. The number of nitrogens with zero attached hydrogens (tertiary/aromatic N) is 2. The third-order valence-corrected chi connectivity index (χ3v) is 6.67. The summed E-state index contributed by atoms with van der Waals surface area (Å²) in [5, 5.41) is 27.6. The molecule has 1 fully saturated rings. The number of hydrogen-bond donors (Lipinski definition) is 3. The lowest BCUT2D eigenvalue weighted by Gasteiger charge is -2.26. The first-order valence-electron chi connectivity index (χ1n) is 14.1. The highest BCUT2D eigenvalue weighted by Crippen LogP contribution is 2.29. The maximum atomic E-state index is 13.0. The molecule has 1 aromatic rings. The average Bonchev–Trinajstić information content (AvgIpc) is 2.91. The molecule has 0 unspecified atom stereocenters. The van der Waals surface area contributed by atoms with Gasteiger partial charge in [-0.15, -0.1) is 0 Å². The number of rotatable bonds is 8. The number of esters is 1. The van der Waals surface area contributed by atoms with Crippen LogP contribution < -0.4 is 5.32 Å². The van der Waals surface area contributed by atoms with Crippen molar-refractivity contribution in [1.29, 1.82) is 0 Å². The maximum absolute atomic E-state index is 13.0. The number of fused-ring (bicyclic) bond motifs is 1. The van der Waals surface area contributed by atoms with E-state index in [1.54, 1.807) is 17.9 Å². The molecule has 41 heavy (non-hydrogen) atoms. The molecule has 2 atom stereocenters. The number of piperidine rings is 1. The van der Waals surface area contributed by atoms with Crippen LogP contribution in [0.25, 0.3) is 0 Å². The number of carbonyl (C=O) groups excluding carboxylic acids is 3. The quantitative estimate of drug-likeness (QED) is 0.186. The first-order valence-corrected chi connectivity index (χ1v) is 14.1. The summed E-state index contributed by atoms with van der Waals surface area (Å²) < 4.78 is 11.6. The molecular formula is C30H41N3O8. The Bertz CT molecular complexity index is 1140. The number of carbonyl (C=O) groups is 3. The Balaban J connectivity index is 1.81. The summed E-state index contributed by atoms with van der Waals surface area (Å²) >= 11 is 0. The molecule has 0 aromatic heterocycles. The van der Waals surface area contributed by atoms with Crippen molar-refractivity contribution in [2.75, 3.05) is 32.8 Å². The van der Waals surface area contributed by atoms with Gasteiger partial charge in [-0.3, -0.25) is 9.59 Å². The van der Waals surface area contributed by atoms with Crippen LogP contribution in [0.3, 0.4) is 0 Å². The molecule has 0 spiro atoms. The van der Waals surface area contributed by atoms with Crippen molar-refractivity contribution in [2.24, 2.45) is 5.16 Å². The van der Waals surface area contributed by atoms with Gasteiger partial charge in [0.15, 0.2) is 6.61 Å². The lowest BCUT2D eigenvalue weighted by molar-refractivity contribution is -0.137. The lowest BCUT2D eigenvalue weighted by atomic mass is 9.99. The van der Waals surface area contributed by atoms with Crippen LogP contribution in [0.5, 0.6) is 11.5 Å². The zero-order chi connectivity index (χ0) is 29.6. The van der Waals surface area contributed by atoms with Gasteiger partial charge in [0, 0.05) is 52.1 Å². The van der Waals surface area contributed by atoms with Crippen molar-refractivity contribution in [3.05, 3.63) is 47.6 Å². The van der Waals surface area contributed by atoms with Crippen molar-refractivity contribution < 1.29 is 38.9 Å². The molecule has 2 amide bonds. The number of ether oxygens (including phenoxy) is 2. The normalized spacial score (nSPS) is 22.6. The summed E-state index contributed by atoms with van der Waals surface area (Å²) in [5.74, 6) is -1.60. The Morgan fingerprint density at radius 1 is 1.15 bits per heavy atom. The van der Waals surface area contributed by atoms with Gasteiger partial charge < -0.3 is 34.7 Å². The van der Waals surface area contributed by atoms with Gasteiger partial charge in [-0.2, -0.15) is 0 Å². The van der Waals surface area contributed by atoms with Crippen molar-refractivity contribution in [3.63, 3.8) is 0 Å². The molecule has 2 aliphatic rings. The van der Waals surface area contributed by atoms with Crippen LogP contribution in [-0.2, 0) is 30.3 Å². The summed E-state index contributed by atoms with van der Waals surface area (Å²) in [5.41, 5.74) is 0.600. The molecule has 0 aliphatic carbocycles. The van der Waals surface area contributed by atoms with Gasteiger partial charge in [-0.1, -0.05) is 23.4 Å². The van der Waals surface area contributed by atoms with E-state index in [0.717, 1.165) is 25.3 Å². The maximum Gasteiger partial charge on any atom is 0.342 e. The molecule has 2 aliphatic heterocycles. The topological polar surface area (TPSA) is 147 Å². The molecule has 1 saturated heterocycles. The number of allylic oxidation sites excluding steroid dienone is 1. The summed E-state index contributed by atoms with van der Waals surface area (Å²) in [4.78, 5) is 43.9. The minimum absolute atomic E-state index is 0.0211. The Kier molecular flexibility index (Phi) is 12.7. The van der Waals surface area contributed by atoms with Gasteiger partial charge in [0.25, 0.3) is 5.91 Å². The number of benzene rings is 1. The van der Waals surface area contributed by atoms with E-state index in [1.165, 1.54) is 13.0 Å². The van der Waals surface area contributed by atoms with Gasteiger partial charge >= 0.3 is 5.97 Å². The highest BCUT2D eigenvalue weighted by Gasteiger charge is 2.23. The van der Waals surface area contributed by atoms with E-state index in [1.807, 2.05) is 18.2 Å². The van der Waals surface area contributed by atoms with Crippen molar-refractivity contribution in [3.8, 4) is 11.5 Å². The van der Waals surface area contributed by atoms with Gasteiger partial charge in [0.05, 0.1) is 11.8 Å². The Morgan fingerprint density at radius 3 is 2.68 bits per heavy atom. The summed E-state index contributed by atoms with van der Waals surface area (Å²) in [6.07, 6.45) is 11.2. The third kappa shape index (κ3) is 10.9. The fourth-order valence-corrected chi connectivity index (χ4v) is 4.59. The van der Waals surface area contributed by atoms with Crippen LogP contribution in [0.4, 0.5) is 0 Å². The van der Waals surface area contributed by atoms with E-state index in [-0.39, 0.29) is 42.3 Å². The monoisotopic (exact) mass is 571 g/mol. The van der Waals surface area contributed by atoms with E-state index in [2.05, 4.69) is 10.5 Å². The number of amides is 2. The van der Waals surface area contributed by atoms with E-state index >= 15 is 0 Å². The van der Waals surface area contributed by atoms with Crippen LogP contribution in [0.2, 0.25) is 0 Å². The second kappa shape index (κ2) is 16.4. The number of hydrogen-bond acceptors (Lipinski definition) is 9. The summed E-state index contributed by atoms with van der Waals surface area (Å²) in [6.45, 7) is 5.33. The molecule has 11 heteroatoms. The van der Waals surface area contributed by atoms with E-state index in [0.29, 0.717) is 56.8 Å². The average molecular weight is 572 g/mol. The van der Waals surface area contributed by atoms with Gasteiger partial charge in [-0.05, 0) is 56.7 Å². The molecule has 3 rings (SSSR count). The van der Waals surface area contributed by atoms with E-state index in [9.17, 15) is 24.6 Å². The van der Waals surface area contributed by atoms with Crippen molar-refractivity contribution in [2.45, 2.75) is 71.0 Å². The van der Waals surface area contributed by atoms with Gasteiger partial charge in [0.2, 0.25) is 5.91 Å². The number of aromatic hydroxyl groups is 2. The predicted octanol–water partition coefficient (Wildman–Crippen LogP) is 3.39. The second-order valence-electron chi connectivity index (χ2n) is 10.2. The van der Waals surface area contributed by atoms with Gasteiger partial charge in [-0.25, -0.2) is 4.79 Å². The van der Waals surface area contributed by atoms with Crippen molar-refractivity contribution >= 4 is 23.5 Å². The fraction of sp³-hybridized carbons (Fsp3) is 0.533. The molecule has 0 bridgehead atoms. The molecule has 224 valence electrons. The number of oxime groups is 1. The Hall–Kier alpha value is -3.86. The zero-order valence-electron chi connectivity index (χ0n) is 23.8. The molecule has 0 saturated carbocycles. The Morgan fingerprint density at radius 2 is 1.93 bits per heavy atom. The fourth-order valence-electron chi connectivity index (χ4n) is 4.59. The number of phenolic OH excluding ortho intramolecular Hbond substituents is 2. The minimum Gasteiger partial charge on any atom is -0.508 e. The molecule has 3 N–H and O–H groups in total. The molecular weight excluding hydrogens is 530 g/mol. The van der Waals surface area contributed by atoms with Crippen LogP contribution in [-0.4, -0.2) is 83.7 Å². The number of phenols is 2. The SMILES string of the molecule is CC(=O)NCCCO[C@@H]1/C=C/C[C@@H](C)OC(=O)c2c(O)cc(O)cc2CC(=NOCC(=O)N2CCCCC2)/C=C/C1. The van der Waals surface area contributed by atoms with Crippen molar-refractivity contribution in [1.82, 2.24) is 10.2 Å². The Labute approximate surface area is 240 Å². The lowest BCUT2D eigenvalue weighted by Crippen LogP contribution is -2.37. The van der Waals surface area contributed by atoms with E-state index in [4.69, 9.17) is 14.3 Å². The molecule has 0 radical (unpaired) electrons. The zero-order valence-corrected chi connectivity index (χ0v) is 23.8. The number of nitrogens with one attached hydrogen (secondary N) is 1. The predicted molar refractivity (Wildman–Crippen MR) is 153 cm³/mol. The molecule has 2 heterocycles. The van der Waals surface area contributed by atoms with E-state index < -0.39 is 17.8 Å². The second-order valence-corrected chi connectivity index (χ2v) is 10.2. The highest BCUT2D eigenvalue weighted by molar-refractivity contribution is 6.00. The third-order valence-electron chi connectivity index (χ3n) is 6.67. The van der Waals surface area contributed by atoms with Crippen LogP contribution >= 0.6 is 0 Å². The molecule has 1 aromatic carbocycles. The minimum atomic E-state index is -0.731. The standard InChI is InChI=1S/C30H41N3O8/c1-21-9-6-11-26(39-16-8-13-31-22(2)34)12-7-10-24(32-40-20-28(37)33-14-4-3-5-15-33)17-23-18-25(35)19-27(36)29(23)30(38)41-21/h6-7,10-11,18-19,21,26,35-36H,3-5,8-9,12-17,20H2,1-2H3,(H,31,34)/b10-7+,11-6+,32-24?/t21-,26-/m1/s1. The van der Waals surface area contributed by atoms with Crippen LogP contribution in [0.15, 0.2) is 41.6 Å². The first kappa shape index (κ1) is 31.7. The number of likely N-dealkylation sites (tertiary alicyclic amines) is 1. The summed E-state index contributed by atoms with van der Waals surface area (Å²) in [7, 11) is 0. The van der Waals surface area contributed by atoms with Crippen LogP contribution in [0, 0.1) is 0 Å². The smallest absolute Gasteiger partial charge is 0.342 e. The van der Waals surface area contributed by atoms with Crippen LogP contribution in [0.1, 0.15) is 68.3 Å².